The zero-order valence-electron chi connectivity index (χ0n) is 15.4. The number of amides is 1. The molecule has 0 aromatic heterocycles. The summed E-state index contributed by atoms with van der Waals surface area (Å²) < 4.78 is 6.02. The van der Waals surface area contributed by atoms with Crippen LogP contribution in [0.4, 0.5) is 5.69 Å². The molecule has 0 aliphatic heterocycles. The van der Waals surface area contributed by atoms with Crippen molar-refractivity contribution in [1.29, 1.82) is 0 Å². The van der Waals surface area contributed by atoms with Gasteiger partial charge in [-0.05, 0) is 50.3 Å². The van der Waals surface area contributed by atoms with E-state index in [2.05, 4.69) is 12.2 Å². The number of carboxylic acids is 1. The number of anilines is 1. The summed E-state index contributed by atoms with van der Waals surface area (Å²) in [6.45, 7) is 5.89. The number of ether oxygens (including phenoxy) is 1. The molecule has 5 heteroatoms. The van der Waals surface area contributed by atoms with Crippen molar-refractivity contribution in [3.8, 4) is 0 Å². The lowest BCUT2D eigenvalue weighted by atomic mass is 9.89. The Kier molecular flexibility index (Phi) is 6.59. The van der Waals surface area contributed by atoms with E-state index in [1.807, 2.05) is 18.2 Å². The second kappa shape index (κ2) is 8.48. The summed E-state index contributed by atoms with van der Waals surface area (Å²) in [5, 5.41) is 11.9. The van der Waals surface area contributed by atoms with Gasteiger partial charge in [0.05, 0.1) is 18.1 Å². The molecule has 25 heavy (non-hydrogen) atoms. The molecule has 138 valence electrons. The minimum atomic E-state index is -1.08. The first-order chi connectivity index (χ1) is 11.8. The summed E-state index contributed by atoms with van der Waals surface area (Å²) in [4.78, 5) is 23.2. The standard InChI is InChI=1S/C20H29NO4/c1-14-6-4-9-17(10-14)25-13-15-7-5-8-16(11-15)21-18(22)12-20(2,3)19(23)24/h5,7-8,11,14,17H,4,6,9-10,12-13H2,1-3H3,(H,21,22)(H,23,24). The first-order valence-corrected chi connectivity index (χ1v) is 9.00. The Balaban J connectivity index is 1.88. The van der Waals surface area contributed by atoms with Crippen LogP contribution >= 0.6 is 0 Å². The van der Waals surface area contributed by atoms with Gasteiger partial charge in [-0.2, -0.15) is 0 Å². The minimum Gasteiger partial charge on any atom is -0.481 e. The van der Waals surface area contributed by atoms with Crippen molar-refractivity contribution < 1.29 is 19.4 Å². The summed E-state index contributed by atoms with van der Waals surface area (Å²) in [7, 11) is 0. The molecule has 0 heterocycles. The van der Waals surface area contributed by atoms with Crippen LogP contribution in [0.25, 0.3) is 0 Å². The van der Waals surface area contributed by atoms with Gasteiger partial charge in [0.15, 0.2) is 0 Å². The quantitative estimate of drug-likeness (QED) is 0.774. The molecule has 0 spiro atoms. The van der Waals surface area contributed by atoms with Crippen LogP contribution in [-0.4, -0.2) is 23.1 Å². The number of nitrogens with one attached hydrogen (secondary N) is 1. The molecule has 5 nitrogen and oxygen atoms in total. The zero-order chi connectivity index (χ0) is 18.4. The third-order valence-electron chi connectivity index (χ3n) is 4.77. The Hall–Kier alpha value is -1.88. The highest BCUT2D eigenvalue weighted by Gasteiger charge is 2.30. The molecule has 2 atom stereocenters. The van der Waals surface area contributed by atoms with E-state index in [-0.39, 0.29) is 12.3 Å². The average molecular weight is 347 g/mol. The van der Waals surface area contributed by atoms with Crippen LogP contribution in [0.5, 0.6) is 0 Å². The van der Waals surface area contributed by atoms with E-state index < -0.39 is 11.4 Å². The van der Waals surface area contributed by atoms with Crippen molar-refractivity contribution in [1.82, 2.24) is 0 Å². The molecule has 1 saturated carbocycles. The summed E-state index contributed by atoms with van der Waals surface area (Å²) >= 11 is 0. The fraction of sp³-hybridized carbons (Fsp3) is 0.600. The molecular weight excluding hydrogens is 318 g/mol. The van der Waals surface area contributed by atoms with E-state index in [0.29, 0.717) is 18.4 Å². The van der Waals surface area contributed by atoms with Gasteiger partial charge in [0.2, 0.25) is 5.91 Å². The maximum Gasteiger partial charge on any atom is 0.309 e. The SMILES string of the molecule is CC1CCCC(OCc2cccc(NC(=O)CC(C)(C)C(=O)O)c2)C1. The smallest absolute Gasteiger partial charge is 0.309 e. The van der Waals surface area contributed by atoms with Gasteiger partial charge in [0, 0.05) is 12.1 Å². The summed E-state index contributed by atoms with van der Waals surface area (Å²) in [5.74, 6) is -0.556. The van der Waals surface area contributed by atoms with Crippen molar-refractivity contribution in [2.75, 3.05) is 5.32 Å². The average Bonchev–Trinajstić information content (AvgIpc) is 2.52. The predicted molar refractivity (Wildman–Crippen MR) is 97.3 cm³/mol. The van der Waals surface area contributed by atoms with Crippen molar-refractivity contribution in [3.63, 3.8) is 0 Å². The van der Waals surface area contributed by atoms with Crippen molar-refractivity contribution in [2.24, 2.45) is 11.3 Å². The van der Waals surface area contributed by atoms with Gasteiger partial charge in [-0.1, -0.05) is 31.9 Å². The van der Waals surface area contributed by atoms with Crippen LogP contribution in [0.2, 0.25) is 0 Å². The molecule has 1 aromatic rings. The number of aliphatic carboxylic acids is 1. The van der Waals surface area contributed by atoms with E-state index in [1.165, 1.54) is 12.8 Å². The van der Waals surface area contributed by atoms with Crippen molar-refractivity contribution >= 4 is 17.6 Å². The Morgan fingerprint density at radius 2 is 2.08 bits per heavy atom. The molecule has 1 fully saturated rings. The Morgan fingerprint density at radius 1 is 1.32 bits per heavy atom. The molecule has 0 bridgehead atoms. The number of carboxylic acid groups (broad SMARTS) is 1. The molecular formula is C20H29NO4. The molecule has 1 amide bonds. The van der Waals surface area contributed by atoms with Crippen molar-refractivity contribution in [2.45, 2.75) is 65.6 Å². The normalized spacial score (nSPS) is 20.9. The number of benzene rings is 1. The van der Waals surface area contributed by atoms with Gasteiger partial charge in [-0.25, -0.2) is 0 Å². The van der Waals surface area contributed by atoms with E-state index in [0.717, 1.165) is 24.3 Å². The molecule has 2 unspecified atom stereocenters. The first kappa shape index (κ1) is 19.4. The van der Waals surface area contributed by atoms with Crippen LogP contribution in [0.1, 0.15) is 58.4 Å². The number of carbonyl (C=O) groups excluding carboxylic acids is 1. The lowest BCUT2D eigenvalue weighted by Crippen LogP contribution is -2.29. The molecule has 1 aliphatic rings. The van der Waals surface area contributed by atoms with Gasteiger partial charge >= 0.3 is 5.97 Å². The van der Waals surface area contributed by atoms with Gasteiger partial charge in [-0.15, -0.1) is 0 Å². The monoisotopic (exact) mass is 347 g/mol. The highest BCUT2D eigenvalue weighted by molar-refractivity contribution is 5.94. The van der Waals surface area contributed by atoms with E-state index >= 15 is 0 Å². The second-order valence-corrected chi connectivity index (χ2v) is 7.82. The van der Waals surface area contributed by atoms with Gasteiger partial charge in [0.1, 0.15) is 0 Å². The fourth-order valence-corrected chi connectivity index (χ4v) is 3.16. The van der Waals surface area contributed by atoms with Crippen LogP contribution in [-0.2, 0) is 20.9 Å². The summed E-state index contributed by atoms with van der Waals surface area (Å²) in [5.41, 5.74) is 0.598. The Labute approximate surface area is 149 Å². The Bertz CT molecular complexity index is 611. The fourth-order valence-electron chi connectivity index (χ4n) is 3.16. The third-order valence-corrected chi connectivity index (χ3v) is 4.77. The molecule has 0 radical (unpaired) electrons. The van der Waals surface area contributed by atoms with Crippen LogP contribution < -0.4 is 5.32 Å². The molecule has 1 aromatic carbocycles. The summed E-state index contributed by atoms with van der Waals surface area (Å²) in [6, 6.07) is 7.54. The van der Waals surface area contributed by atoms with E-state index in [9.17, 15) is 9.59 Å². The predicted octanol–water partition coefficient (Wildman–Crippen LogP) is 4.22. The van der Waals surface area contributed by atoms with Crippen molar-refractivity contribution in [3.05, 3.63) is 29.8 Å². The largest absolute Gasteiger partial charge is 0.481 e. The lowest BCUT2D eigenvalue weighted by molar-refractivity contribution is -0.148. The maximum absolute atomic E-state index is 12.1. The highest BCUT2D eigenvalue weighted by atomic mass is 16.5. The van der Waals surface area contributed by atoms with E-state index in [1.54, 1.807) is 19.9 Å². The minimum absolute atomic E-state index is 0.0664. The number of rotatable bonds is 7. The van der Waals surface area contributed by atoms with E-state index in [4.69, 9.17) is 9.84 Å². The van der Waals surface area contributed by atoms with Gasteiger partial charge in [-0.3, -0.25) is 9.59 Å². The molecule has 0 saturated heterocycles. The third kappa shape index (κ3) is 6.16. The highest BCUT2D eigenvalue weighted by Crippen LogP contribution is 2.27. The maximum atomic E-state index is 12.1. The number of hydrogen-bond acceptors (Lipinski definition) is 3. The summed E-state index contributed by atoms with van der Waals surface area (Å²) in [6.07, 6.45) is 4.99. The molecule has 1 aliphatic carbocycles. The second-order valence-electron chi connectivity index (χ2n) is 7.82. The van der Waals surface area contributed by atoms with Crippen LogP contribution in [0.3, 0.4) is 0 Å². The zero-order valence-corrected chi connectivity index (χ0v) is 15.4. The first-order valence-electron chi connectivity index (χ1n) is 9.00. The van der Waals surface area contributed by atoms with Gasteiger partial charge < -0.3 is 15.2 Å². The number of carbonyl (C=O) groups is 2. The Morgan fingerprint density at radius 3 is 2.76 bits per heavy atom. The van der Waals surface area contributed by atoms with Crippen LogP contribution in [0, 0.1) is 11.3 Å². The molecule has 2 N–H and O–H groups in total. The number of hydrogen-bond donors (Lipinski definition) is 2. The van der Waals surface area contributed by atoms with Crippen LogP contribution in [0.15, 0.2) is 24.3 Å². The lowest BCUT2D eigenvalue weighted by Gasteiger charge is -2.26. The van der Waals surface area contributed by atoms with Gasteiger partial charge in [0.25, 0.3) is 0 Å². The molecule has 2 rings (SSSR count). The topological polar surface area (TPSA) is 75.6 Å².